The summed E-state index contributed by atoms with van der Waals surface area (Å²) >= 11 is 0. The van der Waals surface area contributed by atoms with Crippen LogP contribution in [0.25, 0.3) is 0 Å². The molecular weight excluding hydrogens is 482 g/mol. The molecule has 1 aliphatic heterocycles. The van der Waals surface area contributed by atoms with Crippen LogP contribution < -0.4 is 4.74 Å². The topological polar surface area (TPSA) is 85.1 Å². The normalized spacial score (nSPS) is 14.9. The minimum absolute atomic E-state index is 0.0933. The Hall–Kier alpha value is -3.65. The summed E-state index contributed by atoms with van der Waals surface area (Å²) in [5.74, 6) is 0.840. The Morgan fingerprint density at radius 3 is 2.39 bits per heavy atom. The van der Waals surface area contributed by atoms with E-state index in [1.54, 1.807) is 11.8 Å². The van der Waals surface area contributed by atoms with Crippen LogP contribution >= 0.6 is 0 Å². The summed E-state index contributed by atoms with van der Waals surface area (Å²) in [5, 5.41) is 0. The van der Waals surface area contributed by atoms with E-state index in [4.69, 9.17) is 13.9 Å². The average Bonchev–Trinajstić information content (AvgIpc) is 3.42. The van der Waals surface area contributed by atoms with Gasteiger partial charge in [-0.3, -0.25) is 14.5 Å². The molecule has 2 heterocycles. The van der Waals surface area contributed by atoms with Crippen LogP contribution in [0, 0.1) is 5.92 Å². The van der Waals surface area contributed by atoms with E-state index in [9.17, 15) is 9.59 Å². The molecule has 0 spiro atoms. The van der Waals surface area contributed by atoms with Crippen LogP contribution in [0.3, 0.4) is 0 Å². The number of likely N-dealkylation sites (tertiary alicyclic amines) is 1. The molecule has 0 aliphatic carbocycles. The van der Waals surface area contributed by atoms with Crippen molar-refractivity contribution in [3.05, 3.63) is 83.6 Å². The standard InChI is InChI=1S/C30H37N3O5/c1-4-36-26-13-11-23(12-14-26)19-33(22(3)24-9-7-6-8-10-24)20-28-31-27(21-38-28)29(34)32-17-15-25(16-18-32)30(35)37-5-2/h6-14,21-22,25H,4-5,15-20H2,1-3H3. The van der Waals surface area contributed by atoms with Crippen LogP contribution in [0.15, 0.2) is 65.3 Å². The van der Waals surface area contributed by atoms with Crippen LogP contribution in [-0.4, -0.2) is 53.0 Å². The van der Waals surface area contributed by atoms with Gasteiger partial charge in [0.15, 0.2) is 5.69 Å². The van der Waals surface area contributed by atoms with Gasteiger partial charge in [0.1, 0.15) is 12.0 Å². The van der Waals surface area contributed by atoms with Crippen LogP contribution in [-0.2, 0) is 22.6 Å². The summed E-state index contributed by atoms with van der Waals surface area (Å²) in [4.78, 5) is 33.7. The second kappa shape index (κ2) is 13.2. The summed E-state index contributed by atoms with van der Waals surface area (Å²) in [6, 6.07) is 18.5. The fraction of sp³-hybridized carbons (Fsp3) is 0.433. The Morgan fingerprint density at radius 1 is 1.03 bits per heavy atom. The fourth-order valence-corrected chi connectivity index (χ4v) is 4.76. The zero-order valence-electron chi connectivity index (χ0n) is 22.5. The Labute approximate surface area is 224 Å². The highest BCUT2D eigenvalue weighted by Crippen LogP contribution is 2.26. The summed E-state index contributed by atoms with van der Waals surface area (Å²) in [7, 11) is 0. The maximum Gasteiger partial charge on any atom is 0.309 e. The number of nitrogens with zero attached hydrogens (tertiary/aromatic N) is 3. The van der Waals surface area contributed by atoms with Gasteiger partial charge in [-0.15, -0.1) is 0 Å². The second-order valence-electron chi connectivity index (χ2n) is 9.51. The van der Waals surface area contributed by atoms with Crippen molar-refractivity contribution in [3.63, 3.8) is 0 Å². The predicted molar refractivity (Wildman–Crippen MR) is 143 cm³/mol. The number of rotatable bonds is 11. The first-order chi connectivity index (χ1) is 18.5. The molecule has 8 heteroatoms. The highest BCUT2D eigenvalue weighted by Gasteiger charge is 2.30. The molecule has 1 unspecified atom stereocenters. The third kappa shape index (κ3) is 7.01. The molecule has 0 radical (unpaired) electrons. The molecule has 1 atom stereocenters. The summed E-state index contributed by atoms with van der Waals surface area (Å²) in [6.45, 7) is 9.06. The van der Waals surface area contributed by atoms with Gasteiger partial charge in [-0.1, -0.05) is 42.5 Å². The van der Waals surface area contributed by atoms with Crippen LogP contribution in [0.5, 0.6) is 5.75 Å². The molecule has 0 bridgehead atoms. The summed E-state index contributed by atoms with van der Waals surface area (Å²) < 4.78 is 16.5. The SMILES string of the molecule is CCOC(=O)C1CCN(C(=O)c2coc(CN(Cc3ccc(OCC)cc3)C(C)c3ccccc3)n2)CC1. The number of hydrogen-bond acceptors (Lipinski definition) is 7. The van der Waals surface area contributed by atoms with E-state index in [1.165, 1.54) is 11.8 Å². The number of carbonyl (C=O) groups is 2. The van der Waals surface area contributed by atoms with Gasteiger partial charge in [0, 0.05) is 25.7 Å². The highest BCUT2D eigenvalue weighted by atomic mass is 16.5. The van der Waals surface area contributed by atoms with Crippen molar-refractivity contribution < 1.29 is 23.5 Å². The van der Waals surface area contributed by atoms with E-state index in [-0.39, 0.29) is 23.8 Å². The minimum Gasteiger partial charge on any atom is -0.494 e. The molecule has 1 fully saturated rings. The molecule has 8 nitrogen and oxygen atoms in total. The number of amides is 1. The van der Waals surface area contributed by atoms with Crippen LogP contribution in [0.4, 0.5) is 0 Å². The molecular formula is C30H37N3O5. The number of oxazole rings is 1. The van der Waals surface area contributed by atoms with E-state index in [1.807, 2.05) is 37.3 Å². The van der Waals surface area contributed by atoms with Gasteiger partial charge in [-0.25, -0.2) is 4.98 Å². The molecule has 1 amide bonds. The van der Waals surface area contributed by atoms with Gasteiger partial charge in [-0.2, -0.15) is 0 Å². The number of piperidine rings is 1. The molecule has 0 saturated carbocycles. The summed E-state index contributed by atoms with van der Waals surface area (Å²) in [6.07, 6.45) is 2.64. The Kier molecular flexibility index (Phi) is 9.54. The molecule has 3 aromatic rings. The number of hydrogen-bond donors (Lipinski definition) is 0. The minimum atomic E-state index is -0.177. The first-order valence-electron chi connectivity index (χ1n) is 13.4. The molecule has 2 aromatic carbocycles. The number of aromatic nitrogens is 1. The van der Waals surface area contributed by atoms with Gasteiger partial charge in [0.2, 0.25) is 5.89 Å². The van der Waals surface area contributed by atoms with Gasteiger partial charge in [-0.05, 0) is 56.9 Å². The molecule has 202 valence electrons. The maximum atomic E-state index is 13.1. The van der Waals surface area contributed by atoms with E-state index in [2.05, 4.69) is 41.1 Å². The molecule has 1 aromatic heterocycles. The van der Waals surface area contributed by atoms with E-state index in [0.717, 1.165) is 11.3 Å². The lowest BCUT2D eigenvalue weighted by molar-refractivity contribution is -0.149. The third-order valence-electron chi connectivity index (χ3n) is 6.96. The van der Waals surface area contributed by atoms with Crippen molar-refractivity contribution in [3.8, 4) is 5.75 Å². The fourth-order valence-electron chi connectivity index (χ4n) is 4.76. The van der Waals surface area contributed by atoms with Crippen molar-refractivity contribution in [1.29, 1.82) is 0 Å². The number of benzene rings is 2. The summed E-state index contributed by atoms with van der Waals surface area (Å²) in [5.41, 5.74) is 2.62. The first kappa shape index (κ1) is 27.4. The lowest BCUT2D eigenvalue weighted by Gasteiger charge is -2.30. The number of esters is 1. The predicted octanol–water partition coefficient (Wildman–Crippen LogP) is 5.25. The van der Waals surface area contributed by atoms with Crippen LogP contribution in [0.2, 0.25) is 0 Å². The molecule has 38 heavy (non-hydrogen) atoms. The lowest BCUT2D eigenvalue weighted by atomic mass is 9.97. The Bertz CT molecular complexity index is 1170. The zero-order chi connectivity index (χ0) is 26.9. The molecule has 1 saturated heterocycles. The maximum absolute atomic E-state index is 13.1. The van der Waals surface area contributed by atoms with Crippen molar-refractivity contribution >= 4 is 11.9 Å². The number of ether oxygens (including phenoxy) is 2. The van der Waals surface area contributed by atoms with Crippen LogP contribution in [0.1, 0.15) is 67.2 Å². The highest BCUT2D eigenvalue weighted by molar-refractivity contribution is 5.92. The zero-order valence-corrected chi connectivity index (χ0v) is 22.5. The largest absolute Gasteiger partial charge is 0.494 e. The lowest BCUT2D eigenvalue weighted by Crippen LogP contribution is -2.40. The third-order valence-corrected chi connectivity index (χ3v) is 6.96. The van der Waals surface area contributed by atoms with Crippen molar-refractivity contribution in [2.24, 2.45) is 5.92 Å². The second-order valence-corrected chi connectivity index (χ2v) is 9.51. The molecule has 0 N–H and O–H groups in total. The monoisotopic (exact) mass is 519 g/mol. The first-order valence-corrected chi connectivity index (χ1v) is 13.4. The van der Waals surface area contributed by atoms with Gasteiger partial charge >= 0.3 is 5.97 Å². The van der Waals surface area contributed by atoms with Gasteiger partial charge in [0.05, 0.1) is 25.7 Å². The molecule has 4 rings (SSSR count). The Balaban J connectivity index is 1.44. The van der Waals surface area contributed by atoms with E-state index in [0.29, 0.717) is 63.8 Å². The molecule has 1 aliphatic rings. The average molecular weight is 520 g/mol. The smallest absolute Gasteiger partial charge is 0.309 e. The van der Waals surface area contributed by atoms with E-state index < -0.39 is 0 Å². The quantitative estimate of drug-likeness (QED) is 0.320. The van der Waals surface area contributed by atoms with E-state index >= 15 is 0 Å². The van der Waals surface area contributed by atoms with Crippen molar-refractivity contribution in [1.82, 2.24) is 14.8 Å². The van der Waals surface area contributed by atoms with Crippen molar-refractivity contribution in [2.75, 3.05) is 26.3 Å². The number of carbonyl (C=O) groups excluding carboxylic acids is 2. The Morgan fingerprint density at radius 2 is 1.74 bits per heavy atom. The van der Waals surface area contributed by atoms with Crippen molar-refractivity contribution in [2.45, 2.75) is 52.7 Å². The van der Waals surface area contributed by atoms with Gasteiger partial charge in [0.25, 0.3) is 5.91 Å². The van der Waals surface area contributed by atoms with Gasteiger partial charge < -0.3 is 18.8 Å².